The van der Waals surface area contributed by atoms with E-state index in [1.807, 2.05) is 30.3 Å². The van der Waals surface area contributed by atoms with Crippen LogP contribution in [0.25, 0.3) is 0 Å². The molecule has 2 aromatic carbocycles. The van der Waals surface area contributed by atoms with E-state index in [1.165, 1.54) is 26.2 Å². The lowest BCUT2D eigenvalue weighted by Crippen LogP contribution is -2.45. The number of nitrogens with zero attached hydrogens (tertiary/aromatic N) is 2. The molecular formula is C23H30N4O4S. The van der Waals surface area contributed by atoms with E-state index in [0.29, 0.717) is 12.2 Å². The summed E-state index contributed by atoms with van der Waals surface area (Å²) in [6.45, 7) is 3.56. The maximum absolute atomic E-state index is 13.1. The molecule has 2 amide bonds. The monoisotopic (exact) mass is 458 g/mol. The Balaban J connectivity index is 1.79. The molecule has 172 valence electrons. The molecule has 1 aliphatic heterocycles. The highest BCUT2D eigenvalue weighted by molar-refractivity contribution is 7.89. The first-order valence-electron chi connectivity index (χ1n) is 10.6. The van der Waals surface area contributed by atoms with Crippen molar-refractivity contribution in [1.82, 2.24) is 14.9 Å². The molecule has 2 N–H and O–H groups in total. The lowest BCUT2D eigenvalue weighted by atomic mass is 10.1. The van der Waals surface area contributed by atoms with Gasteiger partial charge in [-0.15, -0.1) is 0 Å². The maximum atomic E-state index is 13.1. The van der Waals surface area contributed by atoms with Gasteiger partial charge < -0.3 is 15.5 Å². The van der Waals surface area contributed by atoms with E-state index in [0.717, 1.165) is 35.8 Å². The quantitative estimate of drug-likeness (QED) is 0.630. The second kappa shape index (κ2) is 10.1. The molecule has 0 aromatic heterocycles. The fourth-order valence-electron chi connectivity index (χ4n) is 3.58. The molecule has 1 saturated heterocycles. The third-order valence-corrected chi connectivity index (χ3v) is 7.30. The van der Waals surface area contributed by atoms with Crippen molar-refractivity contribution in [2.75, 3.05) is 32.1 Å². The summed E-state index contributed by atoms with van der Waals surface area (Å²) in [7, 11) is -0.808. The van der Waals surface area contributed by atoms with Gasteiger partial charge in [-0.05, 0) is 43.5 Å². The van der Waals surface area contributed by atoms with Crippen LogP contribution in [0.4, 0.5) is 5.69 Å². The first kappa shape index (κ1) is 23.7. The van der Waals surface area contributed by atoms with Crippen LogP contribution in [-0.4, -0.2) is 57.8 Å². The summed E-state index contributed by atoms with van der Waals surface area (Å²) >= 11 is 0. The maximum Gasteiger partial charge on any atom is 0.254 e. The van der Waals surface area contributed by atoms with Gasteiger partial charge in [-0.2, -0.15) is 0 Å². The average Bonchev–Trinajstić information content (AvgIpc) is 3.32. The van der Waals surface area contributed by atoms with Gasteiger partial charge in [0.2, 0.25) is 15.9 Å². The fraction of sp³-hybridized carbons (Fsp3) is 0.391. The Labute approximate surface area is 189 Å². The molecule has 2 aromatic rings. The molecule has 0 bridgehead atoms. The molecule has 1 unspecified atom stereocenters. The van der Waals surface area contributed by atoms with Gasteiger partial charge >= 0.3 is 0 Å². The molecule has 32 heavy (non-hydrogen) atoms. The third-order valence-electron chi connectivity index (χ3n) is 5.49. The van der Waals surface area contributed by atoms with Crippen LogP contribution in [0.1, 0.15) is 35.7 Å². The summed E-state index contributed by atoms with van der Waals surface area (Å²) in [6.07, 6.45) is 2.02. The first-order valence-corrected chi connectivity index (χ1v) is 12.1. The Bertz CT molecular complexity index is 1060. The summed E-state index contributed by atoms with van der Waals surface area (Å²) in [5.74, 6) is -0.799. The minimum atomic E-state index is -3.70. The molecule has 0 spiro atoms. The number of amides is 2. The Morgan fingerprint density at radius 1 is 1.06 bits per heavy atom. The molecule has 1 fully saturated rings. The summed E-state index contributed by atoms with van der Waals surface area (Å²) in [6, 6.07) is 13.3. The van der Waals surface area contributed by atoms with Crippen molar-refractivity contribution in [2.45, 2.75) is 37.2 Å². The molecule has 3 rings (SSSR count). The minimum absolute atomic E-state index is 0.0387. The van der Waals surface area contributed by atoms with Crippen LogP contribution >= 0.6 is 0 Å². The molecule has 1 atom stereocenters. The molecule has 0 saturated carbocycles. The van der Waals surface area contributed by atoms with Gasteiger partial charge in [-0.25, -0.2) is 12.7 Å². The van der Waals surface area contributed by atoms with Crippen molar-refractivity contribution in [3.63, 3.8) is 0 Å². The van der Waals surface area contributed by atoms with E-state index in [4.69, 9.17) is 0 Å². The van der Waals surface area contributed by atoms with Crippen molar-refractivity contribution in [3.05, 3.63) is 59.7 Å². The normalized spacial score (nSPS) is 14.9. The number of benzene rings is 2. The second-order valence-electron chi connectivity index (χ2n) is 8.06. The minimum Gasteiger partial charge on any atom is -0.371 e. The summed E-state index contributed by atoms with van der Waals surface area (Å²) < 4.78 is 26.3. The average molecular weight is 459 g/mol. The second-order valence-corrected chi connectivity index (χ2v) is 10.2. The topological polar surface area (TPSA) is 98.8 Å². The predicted molar refractivity (Wildman–Crippen MR) is 124 cm³/mol. The Morgan fingerprint density at radius 2 is 1.72 bits per heavy atom. The van der Waals surface area contributed by atoms with Gasteiger partial charge in [0.05, 0.1) is 10.5 Å². The Kier molecular flexibility index (Phi) is 7.52. The van der Waals surface area contributed by atoms with Crippen molar-refractivity contribution >= 4 is 27.5 Å². The molecule has 1 aliphatic rings. The number of sulfonamides is 1. The van der Waals surface area contributed by atoms with Crippen molar-refractivity contribution in [2.24, 2.45) is 0 Å². The lowest BCUT2D eigenvalue weighted by Gasteiger charge is -2.23. The molecule has 0 radical (unpaired) electrons. The van der Waals surface area contributed by atoms with Gasteiger partial charge in [-0.1, -0.05) is 30.3 Å². The van der Waals surface area contributed by atoms with Crippen molar-refractivity contribution < 1.29 is 18.0 Å². The van der Waals surface area contributed by atoms with Crippen molar-refractivity contribution in [3.8, 4) is 0 Å². The highest BCUT2D eigenvalue weighted by Gasteiger charge is 2.26. The SMILES string of the molecule is CC(NC(=O)c1cc(S(=O)(=O)N(C)C)ccc1N1CCCC1)C(=O)NCc1ccccc1. The van der Waals surface area contributed by atoms with Crippen LogP contribution in [0, 0.1) is 0 Å². The highest BCUT2D eigenvalue weighted by atomic mass is 32.2. The van der Waals surface area contributed by atoms with Crippen LogP contribution in [0.3, 0.4) is 0 Å². The molecule has 1 heterocycles. The van der Waals surface area contributed by atoms with Gasteiger partial charge in [0.1, 0.15) is 6.04 Å². The number of hydrogen-bond acceptors (Lipinski definition) is 5. The molecular weight excluding hydrogens is 428 g/mol. The van der Waals surface area contributed by atoms with Crippen LogP contribution in [0.2, 0.25) is 0 Å². The van der Waals surface area contributed by atoms with Gasteiger partial charge in [0, 0.05) is 39.4 Å². The molecule has 8 nitrogen and oxygen atoms in total. The predicted octanol–water partition coefficient (Wildman–Crippen LogP) is 1.97. The van der Waals surface area contributed by atoms with E-state index in [2.05, 4.69) is 15.5 Å². The summed E-state index contributed by atoms with van der Waals surface area (Å²) in [5.41, 5.74) is 1.88. The van der Waals surface area contributed by atoms with Crippen LogP contribution in [-0.2, 0) is 21.4 Å². The number of hydrogen-bond donors (Lipinski definition) is 2. The molecule has 0 aliphatic carbocycles. The Morgan fingerprint density at radius 3 is 2.34 bits per heavy atom. The lowest BCUT2D eigenvalue weighted by molar-refractivity contribution is -0.122. The van der Waals surface area contributed by atoms with Crippen molar-refractivity contribution in [1.29, 1.82) is 0 Å². The largest absolute Gasteiger partial charge is 0.371 e. The number of carbonyl (C=O) groups is 2. The Hall–Kier alpha value is -2.91. The van der Waals surface area contributed by atoms with E-state index in [9.17, 15) is 18.0 Å². The first-order chi connectivity index (χ1) is 15.2. The van der Waals surface area contributed by atoms with E-state index in [-0.39, 0.29) is 16.4 Å². The summed E-state index contributed by atoms with van der Waals surface area (Å²) in [4.78, 5) is 27.7. The zero-order chi connectivity index (χ0) is 23.3. The zero-order valence-corrected chi connectivity index (χ0v) is 19.5. The van der Waals surface area contributed by atoms with Crippen LogP contribution in [0.5, 0.6) is 0 Å². The zero-order valence-electron chi connectivity index (χ0n) is 18.7. The van der Waals surface area contributed by atoms with Gasteiger partial charge in [0.25, 0.3) is 5.91 Å². The van der Waals surface area contributed by atoms with Gasteiger partial charge in [-0.3, -0.25) is 9.59 Å². The number of rotatable bonds is 8. The number of anilines is 1. The van der Waals surface area contributed by atoms with E-state index >= 15 is 0 Å². The smallest absolute Gasteiger partial charge is 0.254 e. The highest BCUT2D eigenvalue weighted by Crippen LogP contribution is 2.28. The van der Waals surface area contributed by atoms with E-state index < -0.39 is 22.0 Å². The summed E-state index contributed by atoms with van der Waals surface area (Å²) in [5, 5.41) is 5.53. The number of carbonyl (C=O) groups excluding carboxylic acids is 2. The van der Waals surface area contributed by atoms with E-state index in [1.54, 1.807) is 13.0 Å². The number of nitrogens with one attached hydrogen (secondary N) is 2. The molecule has 9 heteroatoms. The van der Waals surface area contributed by atoms with Crippen LogP contribution in [0.15, 0.2) is 53.4 Å². The standard InChI is InChI=1S/C23H30N4O4S/c1-17(22(28)24-16-18-9-5-4-6-10-18)25-23(29)20-15-19(32(30,31)26(2)3)11-12-21(20)27-13-7-8-14-27/h4-6,9-12,15,17H,7-8,13-14,16H2,1-3H3,(H,24,28)(H,25,29). The fourth-order valence-corrected chi connectivity index (χ4v) is 4.51. The van der Waals surface area contributed by atoms with Crippen LogP contribution < -0.4 is 15.5 Å². The third kappa shape index (κ3) is 5.46. The van der Waals surface area contributed by atoms with Gasteiger partial charge in [0.15, 0.2) is 0 Å².